The van der Waals surface area contributed by atoms with Crippen LogP contribution >= 0.6 is 0 Å². The summed E-state index contributed by atoms with van der Waals surface area (Å²) in [4.78, 5) is 14.5. The number of nitrogens with one attached hydrogen (secondary N) is 1. The Morgan fingerprint density at radius 1 is 1.15 bits per heavy atom. The smallest absolute Gasteiger partial charge is 0.276 e. The van der Waals surface area contributed by atoms with E-state index < -0.39 is 0 Å². The zero-order valence-corrected chi connectivity index (χ0v) is 14.8. The maximum Gasteiger partial charge on any atom is 0.276 e. The molecular weight excluding hydrogens is 338 g/mol. The first-order chi connectivity index (χ1) is 13.2. The van der Waals surface area contributed by atoms with Gasteiger partial charge >= 0.3 is 0 Å². The highest BCUT2D eigenvalue weighted by Gasteiger charge is 2.28. The Balaban J connectivity index is 1.54. The van der Waals surface area contributed by atoms with E-state index in [1.807, 2.05) is 24.3 Å². The second-order valence-corrected chi connectivity index (χ2v) is 6.48. The van der Waals surface area contributed by atoms with E-state index in [4.69, 9.17) is 5.26 Å². The Kier molecular flexibility index (Phi) is 4.27. The Bertz CT molecular complexity index is 1040. The fourth-order valence-electron chi connectivity index (χ4n) is 3.35. The van der Waals surface area contributed by atoms with E-state index in [0.29, 0.717) is 11.3 Å². The number of rotatable bonds is 3. The molecule has 0 aliphatic carbocycles. The molecule has 0 radical (unpaired) electrons. The minimum atomic E-state index is -0.362. The Morgan fingerprint density at radius 2 is 2.00 bits per heavy atom. The van der Waals surface area contributed by atoms with Crippen LogP contribution in [0.1, 0.15) is 28.5 Å². The van der Waals surface area contributed by atoms with Crippen molar-refractivity contribution < 1.29 is 4.79 Å². The van der Waals surface area contributed by atoms with Crippen molar-refractivity contribution in [3.05, 3.63) is 77.5 Å². The van der Waals surface area contributed by atoms with Crippen molar-refractivity contribution in [2.75, 3.05) is 10.2 Å². The molecule has 6 heteroatoms. The van der Waals surface area contributed by atoms with Crippen LogP contribution in [0, 0.1) is 11.3 Å². The van der Waals surface area contributed by atoms with Gasteiger partial charge in [0.15, 0.2) is 11.5 Å². The highest BCUT2D eigenvalue weighted by molar-refractivity contribution is 6.02. The van der Waals surface area contributed by atoms with E-state index in [1.54, 1.807) is 30.3 Å². The van der Waals surface area contributed by atoms with Crippen molar-refractivity contribution in [3.63, 3.8) is 0 Å². The van der Waals surface area contributed by atoms with E-state index in [2.05, 4.69) is 39.5 Å². The van der Waals surface area contributed by atoms with Crippen LogP contribution in [0.2, 0.25) is 0 Å². The maximum absolute atomic E-state index is 12.4. The van der Waals surface area contributed by atoms with E-state index in [9.17, 15) is 4.79 Å². The molecule has 1 aromatic heterocycles. The van der Waals surface area contributed by atoms with E-state index in [0.717, 1.165) is 17.9 Å². The molecule has 1 aliphatic heterocycles. The lowest BCUT2D eigenvalue weighted by atomic mass is 10.1. The van der Waals surface area contributed by atoms with E-state index >= 15 is 0 Å². The summed E-state index contributed by atoms with van der Waals surface area (Å²) < 4.78 is 0. The van der Waals surface area contributed by atoms with Crippen LogP contribution in [0.3, 0.4) is 0 Å². The lowest BCUT2D eigenvalue weighted by Crippen LogP contribution is -2.25. The van der Waals surface area contributed by atoms with Crippen LogP contribution in [-0.2, 0) is 6.42 Å². The van der Waals surface area contributed by atoms with Gasteiger partial charge in [-0.25, -0.2) is 0 Å². The predicted molar refractivity (Wildman–Crippen MR) is 103 cm³/mol. The number of para-hydroxylation sites is 1. The third-order valence-electron chi connectivity index (χ3n) is 4.59. The molecular formula is C21H17N5O. The van der Waals surface area contributed by atoms with Crippen molar-refractivity contribution in [3.8, 4) is 6.07 Å². The van der Waals surface area contributed by atoms with Gasteiger partial charge in [0.1, 0.15) is 0 Å². The molecule has 3 aromatic rings. The topological polar surface area (TPSA) is 81.9 Å². The minimum absolute atomic E-state index is 0.223. The largest absolute Gasteiger partial charge is 0.321 e. The highest BCUT2D eigenvalue weighted by atomic mass is 16.1. The summed E-state index contributed by atoms with van der Waals surface area (Å²) in [6.45, 7) is 2.14. The van der Waals surface area contributed by atoms with Gasteiger partial charge in [0.25, 0.3) is 5.91 Å². The summed E-state index contributed by atoms with van der Waals surface area (Å²) in [6, 6.07) is 20.8. The number of carbonyl (C=O) groups excluding carboxylic acids is 1. The van der Waals surface area contributed by atoms with Gasteiger partial charge in [-0.05, 0) is 55.3 Å². The first-order valence-electron chi connectivity index (χ1n) is 8.68. The van der Waals surface area contributed by atoms with Crippen LogP contribution < -0.4 is 10.2 Å². The fourth-order valence-corrected chi connectivity index (χ4v) is 3.35. The molecule has 0 saturated heterocycles. The van der Waals surface area contributed by atoms with Crippen LogP contribution in [0.5, 0.6) is 0 Å². The standard InChI is InChI=1S/C21H17N5O/c1-14-11-16-6-2-3-8-19(16)26(14)20-10-9-18(24-25-20)21(27)23-17-7-4-5-15(12-17)13-22/h2-10,12,14H,11H2,1H3,(H,23,27). The SMILES string of the molecule is CC1Cc2ccccc2N1c1ccc(C(=O)Nc2cccc(C#N)c2)nn1. The summed E-state index contributed by atoms with van der Waals surface area (Å²) in [5.41, 5.74) is 3.67. The lowest BCUT2D eigenvalue weighted by Gasteiger charge is -2.23. The van der Waals surface area contributed by atoms with E-state index in [-0.39, 0.29) is 17.6 Å². The number of nitrogens with zero attached hydrogens (tertiary/aromatic N) is 4. The van der Waals surface area contributed by atoms with Gasteiger partial charge in [0, 0.05) is 17.4 Å². The molecule has 1 unspecified atom stereocenters. The molecule has 2 aromatic carbocycles. The predicted octanol–water partition coefficient (Wildman–Crippen LogP) is 3.68. The molecule has 0 fully saturated rings. The summed E-state index contributed by atoms with van der Waals surface area (Å²) in [7, 11) is 0. The average molecular weight is 355 g/mol. The number of amides is 1. The molecule has 132 valence electrons. The van der Waals surface area contributed by atoms with Crippen molar-refractivity contribution >= 4 is 23.1 Å². The summed E-state index contributed by atoms with van der Waals surface area (Å²) >= 11 is 0. The molecule has 1 amide bonds. The van der Waals surface area contributed by atoms with Crippen LogP contribution in [0.25, 0.3) is 0 Å². The van der Waals surface area contributed by atoms with E-state index in [1.165, 1.54) is 5.56 Å². The van der Waals surface area contributed by atoms with Gasteiger partial charge in [-0.1, -0.05) is 24.3 Å². The molecule has 1 atom stereocenters. The van der Waals surface area contributed by atoms with Crippen molar-refractivity contribution in [1.82, 2.24) is 10.2 Å². The number of anilines is 3. The number of aromatic nitrogens is 2. The number of nitriles is 1. The normalized spacial score (nSPS) is 15.1. The zero-order chi connectivity index (χ0) is 18.8. The van der Waals surface area contributed by atoms with Crippen LogP contribution in [-0.4, -0.2) is 22.1 Å². The lowest BCUT2D eigenvalue weighted by molar-refractivity contribution is 0.102. The molecule has 0 saturated carbocycles. The second-order valence-electron chi connectivity index (χ2n) is 6.48. The minimum Gasteiger partial charge on any atom is -0.321 e. The molecule has 0 bridgehead atoms. The van der Waals surface area contributed by atoms with Gasteiger partial charge in [-0.15, -0.1) is 10.2 Å². The molecule has 2 heterocycles. The summed E-state index contributed by atoms with van der Waals surface area (Å²) in [5.74, 6) is 0.356. The summed E-state index contributed by atoms with van der Waals surface area (Å²) in [5, 5.41) is 20.1. The van der Waals surface area contributed by atoms with Crippen molar-refractivity contribution in [1.29, 1.82) is 5.26 Å². The van der Waals surface area contributed by atoms with Crippen LogP contribution in [0.4, 0.5) is 17.2 Å². The zero-order valence-electron chi connectivity index (χ0n) is 14.8. The van der Waals surface area contributed by atoms with Crippen molar-refractivity contribution in [2.45, 2.75) is 19.4 Å². The van der Waals surface area contributed by atoms with Gasteiger partial charge in [-0.3, -0.25) is 4.79 Å². The maximum atomic E-state index is 12.4. The molecule has 0 spiro atoms. The van der Waals surface area contributed by atoms with Gasteiger partial charge in [0.05, 0.1) is 11.6 Å². The quantitative estimate of drug-likeness (QED) is 0.775. The van der Waals surface area contributed by atoms with Crippen LogP contribution in [0.15, 0.2) is 60.7 Å². The monoisotopic (exact) mass is 355 g/mol. The first-order valence-corrected chi connectivity index (χ1v) is 8.68. The third kappa shape index (κ3) is 3.23. The molecule has 4 rings (SSSR count). The number of hydrogen-bond acceptors (Lipinski definition) is 5. The number of carbonyl (C=O) groups is 1. The second kappa shape index (κ2) is 6.89. The van der Waals surface area contributed by atoms with Gasteiger partial charge < -0.3 is 10.2 Å². The Hall–Kier alpha value is -3.72. The average Bonchev–Trinajstić information content (AvgIpc) is 3.04. The molecule has 1 N–H and O–H groups in total. The Morgan fingerprint density at radius 3 is 2.78 bits per heavy atom. The molecule has 6 nitrogen and oxygen atoms in total. The first kappa shape index (κ1) is 16.7. The number of benzene rings is 2. The third-order valence-corrected chi connectivity index (χ3v) is 4.59. The van der Waals surface area contributed by atoms with Crippen molar-refractivity contribution in [2.24, 2.45) is 0 Å². The Labute approximate surface area is 157 Å². The molecule has 27 heavy (non-hydrogen) atoms. The fraction of sp³-hybridized carbons (Fsp3) is 0.143. The van der Waals surface area contributed by atoms with Gasteiger partial charge in [-0.2, -0.15) is 5.26 Å². The molecule has 1 aliphatic rings. The highest BCUT2D eigenvalue weighted by Crippen LogP contribution is 2.36. The van der Waals surface area contributed by atoms with Gasteiger partial charge in [0.2, 0.25) is 0 Å². The summed E-state index contributed by atoms with van der Waals surface area (Å²) in [6.07, 6.45) is 0.954. The number of hydrogen-bond donors (Lipinski definition) is 1. The number of fused-ring (bicyclic) bond motifs is 1.